The maximum atomic E-state index is 14.3. The van der Waals surface area contributed by atoms with Gasteiger partial charge in [-0.1, -0.05) is 74.5 Å². The van der Waals surface area contributed by atoms with Gasteiger partial charge in [-0.15, -0.1) is 22.7 Å². The number of nitrogens with zero attached hydrogens (tertiary/aromatic N) is 4. The zero-order valence-electron chi connectivity index (χ0n) is 32.3. The number of hydrogen-bond donors (Lipinski definition) is 4. The highest BCUT2D eigenvalue weighted by Gasteiger charge is 2.27. The molecule has 4 rings (SSSR count). The molecule has 3 unspecified atom stereocenters. The van der Waals surface area contributed by atoms with E-state index in [4.69, 9.17) is 4.74 Å². The van der Waals surface area contributed by atoms with Crippen LogP contribution in [-0.2, 0) is 35.5 Å². The van der Waals surface area contributed by atoms with E-state index in [1.54, 1.807) is 37.1 Å². The minimum absolute atomic E-state index is 0.122. The van der Waals surface area contributed by atoms with E-state index >= 15 is 0 Å². The van der Waals surface area contributed by atoms with Gasteiger partial charge in [0.2, 0.25) is 0 Å². The number of ketones is 1. The fraction of sp³-hybridized carbons (Fsp3) is 0.425. The topological polar surface area (TPSA) is 181 Å². The molecule has 0 radical (unpaired) electrons. The molecule has 0 aliphatic rings. The molecule has 4 N–H and O–H groups in total. The van der Waals surface area contributed by atoms with E-state index in [-0.39, 0.29) is 62.0 Å². The van der Waals surface area contributed by atoms with Crippen molar-refractivity contribution in [1.82, 2.24) is 36.1 Å². The molecule has 2 aromatic heterocycles. The molecular formula is C40H52N8O6S2. The van der Waals surface area contributed by atoms with Gasteiger partial charge in [-0.2, -0.15) is 0 Å². The molecule has 0 spiro atoms. The molecule has 0 fully saturated rings. The SMILES string of the molecule is CN/C(=C\[N+](=O)[O-])NCCC(NC(=O)N(C)Cc1csc(C(C)C)n1)C(=O)CC(CCC(Cc1ccccc1)NC(=O)OCc1cncs1)Cc1ccccc1. The Balaban J connectivity index is 1.50. The van der Waals surface area contributed by atoms with Crippen LogP contribution in [0.25, 0.3) is 0 Å². The molecule has 2 aromatic carbocycles. The summed E-state index contributed by atoms with van der Waals surface area (Å²) in [5, 5.41) is 25.7. The van der Waals surface area contributed by atoms with Crippen molar-refractivity contribution in [1.29, 1.82) is 0 Å². The first-order chi connectivity index (χ1) is 27.0. The summed E-state index contributed by atoms with van der Waals surface area (Å²) in [7, 11) is 3.21. The monoisotopic (exact) mass is 804 g/mol. The highest BCUT2D eigenvalue weighted by Crippen LogP contribution is 2.23. The van der Waals surface area contributed by atoms with Gasteiger partial charge in [0.15, 0.2) is 11.6 Å². The predicted molar refractivity (Wildman–Crippen MR) is 219 cm³/mol. The van der Waals surface area contributed by atoms with Crippen molar-refractivity contribution in [2.45, 2.75) is 83.5 Å². The molecule has 3 amide bonds. The number of thiazole rings is 2. The molecule has 16 heteroatoms. The largest absolute Gasteiger partial charge is 0.444 e. The van der Waals surface area contributed by atoms with Crippen molar-refractivity contribution in [3.8, 4) is 0 Å². The van der Waals surface area contributed by atoms with Gasteiger partial charge in [0.1, 0.15) is 6.61 Å². The molecule has 0 aliphatic carbocycles. The minimum Gasteiger partial charge on any atom is -0.444 e. The number of carbonyl (C=O) groups excluding carboxylic acids is 3. The third-order valence-electron chi connectivity index (χ3n) is 9.00. The van der Waals surface area contributed by atoms with E-state index in [9.17, 15) is 24.5 Å². The number of urea groups is 1. The average molecular weight is 805 g/mol. The zero-order chi connectivity index (χ0) is 40.3. The van der Waals surface area contributed by atoms with Crippen LogP contribution in [0.1, 0.15) is 72.2 Å². The van der Waals surface area contributed by atoms with Crippen LogP contribution in [0.4, 0.5) is 9.59 Å². The normalized spacial score (nSPS) is 13.0. The Morgan fingerprint density at radius 2 is 1.66 bits per heavy atom. The second kappa shape index (κ2) is 22.9. The second-order valence-corrected chi connectivity index (χ2v) is 15.7. The van der Waals surface area contributed by atoms with Crippen molar-refractivity contribution in [3.05, 3.63) is 127 Å². The predicted octanol–water partition coefficient (Wildman–Crippen LogP) is 6.64. The van der Waals surface area contributed by atoms with Crippen LogP contribution < -0.4 is 21.3 Å². The van der Waals surface area contributed by atoms with Gasteiger partial charge in [0, 0.05) is 50.6 Å². The summed E-state index contributed by atoms with van der Waals surface area (Å²) in [5.74, 6) is 0.158. The van der Waals surface area contributed by atoms with Gasteiger partial charge < -0.3 is 30.9 Å². The lowest BCUT2D eigenvalue weighted by Crippen LogP contribution is -2.48. The first kappa shape index (κ1) is 43.4. The number of Topliss-reactive ketones (excluding diaryl/α,β-unsaturated/α-hetero) is 1. The van der Waals surface area contributed by atoms with Gasteiger partial charge >= 0.3 is 12.1 Å². The van der Waals surface area contributed by atoms with Crippen molar-refractivity contribution in [2.75, 3.05) is 20.6 Å². The molecule has 56 heavy (non-hydrogen) atoms. The van der Waals surface area contributed by atoms with Crippen molar-refractivity contribution >= 4 is 40.6 Å². The summed E-state index contributed by atoms with van der Waals surface area (Å²) < 4.78 is 5.51. The molecular weight excluding hydrogens is 753 g/mol. The molecule has 300 valence electrons. The van der Waals surface area contributed by atoms with E-state index in [0.717, 1.165) is 32.9 Å². The Bertz CT molecular complexity index is 1840. The highest BCUT2D eigenvalue weighted by molar-refractivity contribution is 7.09. The smallest absolute Gasteiger partial charge is 0.407 e. The number of alkyl carbamates (subject to hydrolysis) is 1. The lowest BCUT2D eigenvalue weighted by atomic mass is 9.86. The fourth-order valence-electron chi connectivity index (χ4n) is 6.07. The fourth-order valence-corrected chi connectivity index (χ4v) is 7.40. The summed E-state index contributed by atoms with van der Waals surface area (Å²) in [6.45, 7) is 4.70. The maximum absolute atomic E-state index is 14.3. The average Bonchev–Trinajstić information content (AvgIpc) is 3.89. The summed E-state index contributed by atoms with van der Waals surface area (Å²) in [6, 6.07) is 18.2. The van der Waals surface area contributed by atoms with Gasteiger partial charge in [0.05, 0.1) is 38.6 Å². The Labute approximate surface area is 336 Å². The second-order valence-electron chi connectivity index (χ2n) is 13.9. The van der Waals surface area contributed by atoms with Gasteiger partial charge in [-0.25, -0.2) is 14.6 Å². The van der Waals surface area contributed by atoms with Gasteiger partial charge in [-0.05, 0) is 49.1 Å². The number of ether oxygens (including phenoxy) is 1. The summed E-state index contributed by atoms with van der Waals surface area (Å²) >= 11 is 2.96. The standard InChI is InChI=1S/C40H52N8O6S2/c1-28(2)38-44-33(26-55-38)23-47(4)39(50)46-35(17-18-43-37(41-3)24-48(52)53)36(49)21-31(19-29-11-7-5-8-12-29)15-16-32(20-30-13-9-6-10-14-30)45-40(51)54-25-34-22-42-27-56-34/h5-14,22,24,26-28,31-32,35,41,43H,15-21,23,25H2,1-4H3,(H,45,51)(H,46,50)/b37-24+. The number of nitrogens with one attached hydrogen (secondary N) is 4. The van der Waals surface area contributed by atoms with Crippen LogP contribution in [0.2, 0.25) is 0 Å². The van der Waals surface area contributed by atoms with Crippen LogP contribution in [0.3, 0.4) is 0 Å². The summed E-state index contributed by atoms with van der Waals surface area (Å²) in [6.07, 6.45) is 4.65. The van der Waals surface area contributed by atoms with E-state index in [2.05, 4.69) is 45.1 Å². The molecule has 0 saturated carbocycles. The lowest BCUT2D eigenvalue weighted by molar-refractivity contribution is -0.404. The Hall–Kier alpha value is -5.35. The molecule has 0 bridgehead atoms. The van der Waals surface area contributed by atoms with Crippen LogP contribution in [0.5, 0.6) is 0 Å². The molecule has 14 nitrogen and oxygen atoms in total. The number of amides is 3. The Morgan fingerprint density at radius 3 is 2.27 bits per heavy atom. The van der Waals surface area contributed by atoms with Gasteiger partial charge in [-0.3, -0.25) is 19.9 Å². The first-order valence-corrected chi connectivity index (χ1v) is 20.4. The van der Waals surface area contributed by atoms with Crippen molar-refractivity contribution in [3.63, 3.8) is 0 Å². The number of benzene rings is 2. The van der Waals surface area contributed by atoms with Crippen LogP contribution in [-0.4, -0.2) is 70.4 Å². The quantitative estimate of drug-likeness (QED) is 0.0469. The van der Waals surface area contributed by atoms with Crippen LogP contribution >= 0.6 is 22.7 Å². The zero-order valence-corrected chi connectivity index (χ0v) is 33.9. The summed E-state index contributed by atoms with van der Waals surface area (Å²) in [4.78, 5) is 62.3. The number of carbonyl (C=O) groups is 3. The highest BCUT2D eigenvalue weighted by atomic mass is 32.1. The van der Waals surface area contributed by atoms with Crippen molar-refractivity contribution in [2.24, 2.45) is 5.92 Å². The third-order valence-corrected chi connectivity index (χ3v) is 11.0. The Morgan fingerprint density at radius 1 is 0.964 bits per heavy atom. The first-order valence-electron chi connectivity index (χ1n) is 18.6. The number of rotatable bonds is 23. The van der Waals surface area contributed by atoms with Gasteiger partial charge in [0.25, 0.3) is 6.20 Å². The molecule has 0 saturated heterocycles. The summed E-state index contributed by atoms with van der Waals surface area (Å²) in [5.41, 5.74) is 4.57. The molecule has 4 aromatic rings. The van der Waals surface area contributed by atoms with E-state index in [1.807, 2.05) is 66.0 Å². The van der Waals surface area contributed by atoms with E-state index in [1.165, 1.54) is 16.2 Å². The molecule has 2 heterocycles. The molecule has 0 aliphatic heterocycles. The third kappa shape index (κ3) is 15.4. The lowest BCUT2D eigenvalue weighted by Gasteiger charge is -2.26. The van der Waals surface area contributed by atoms with E-state index in [0.29, 0.717) is 25.7 Å². The Kier molecular flexibility index (Phi) is 17.7. The molecule has 3 atom stereocenters. The van der Waals surface area contributed by atoms with E-state index < -0.39 is 23.1 Å². The number of aromatic nitrogens is 2. The maximum Gasteiger partial charge on any atom is 0.407 e. The number of nitro groups is 1. The van der Waals surface area contributed by atoms with Crippen molar-refractivity contribution < 1.29 is 24.0 Å². The van der Waals surface area contributed by atoms with Crippen LogP contribution in [0.15, 0.2) is 89.8 Å². The number of hydrogen-bond acceptors (Lipinski definition) is 12. The minimum atomic E-state index is -0.883. The van der Waals surface area contributed by atoms with Crippen LogP contribution in [0, 0.1) is 16.0 Å².